The smallest absolute Gasteiger partial charge is 0.272 e. The van der Waals surface area contributed by atoms with E-state index in [0.717, 1.165) is 18.3 Å². The monoisotopic (exact) mass is 401 g/mol. The number of nitro groups is 1. The Morgan fingerprint density at radius 1 is 1.28 bits per heavy atom. The van der Waals surface area contributed by atoms with Gasteiger partial charge in [0.25, 0.3) is 5.69 Å². The predicted octanol–water partition coefficient (Wildman–Crippen LogP) is 3.85. The van der Waals surface area contributed by atoms with Crippen molar-refractivity contribution in [1.29, 1.82) is 10.5 Å². The van der Waals surface area contributed by atoms with E-state index in [1.54, 1.807) is 6.07 Å². The van der Waals surface area contributed by atoms with Crippen molar-refractivity contribution in [2.75, 3.05) is 24.2 Å². The van der Waals surface area contributed by atoms with Crippen molar-refractivity contribution in [2.45, 2.75) is 6.42 Å². The third-order valence-electron chi connectivity index (χ3n) is 3.20. The second kappa shape index (κ2) is 9.91. The van der Waals surface area contributed by atoms with Crippen LogP contribution < -0.4 is 10.6 Å². The number of rotatable bonds is 4. The summed E-state index contributed by atoms with van der Waals surface area (Å²) < 4.78 is 0.359. The minimum absolute atomic E-state index is 0.0982. The van der Waals surface area contributed by atoms with Gasteiger partial charge < -0.3 is 10.6 Å². The van der Waals surface area contributed by atoms with E-state index >= 15 is 0 Å². The van der Waals surface area contributed by atoms with Crippen LogP contribution in [-0.4, -0.2) is 18.5 Å². The molecule has 0 bridgehead atoms. The van der Waals surface area contributed by atoms with Crippen LogP contribution >= 0.6 is 15.9 Å². The standard InChI is InChI=1S/C10H12N2.C7H4BrN3O2/c1-12(9-5-8-11)10-6-3-2-4-7-10;8-6-2-5(11(12)13)1-4(3-9)7(6)10/h2-4,6-7H,5,9H2,1H3;1-2H,10H2. The topological polar surface area (TPSA) is 120 Å². The Bertz CT molecular complexity index is 812. The number of non-ortho nitro benzene ring substituents is 1. The summed E-state index contributed by atoms with van der Waals surface area (Å²) in [6.07, 6.45) is 0.575. The van der Waals surface area contributed by atoms with Crippen LogP contribution in [0, 0.1) is 32.8 Å². The average Bonchev–Trinajstić information content (AvgIpc) is 2.63. The van der Waals surface area contributed by atoms with Crippen LogP contribution in [0.1, 0.15) is 12.0 Å². The van der Waals surface area contributed by atoms with Gasteiger partial charge in [0, 0.05) is 35.9 Å². The fraction of sp³-hybridized carbons (Fsp3) is 0.176. The molecule has 0 saturated heterocycles. The molecule has 0 saturated carbocycles. The molecule has 2 N–H and O–H groups in total. The molecule has 0 aromatic heterocycles. The largest absolute Gasteiger partial charge is 0.397 e. The lowest BCUT2D eigenvalue weighted by atomic mass is 10.2. The van der Waals surface area contributed by atoms with Crippen LogP contribution in [0.15, 0.2) is 46.9 Å². The molecule has 0 aliphatic carbocycles. The number of anilines is 2. The fourth-order valence-corrected chi connectivity index (χ4v) is 2.28. The maximum Gasteiger partial charge on any atom is 0.272 e. The Hall–Kier alpha value is -3.10. The van der Waals surface area contributed by atoms with Crippen LogP contribution in [0.5, 0.6) is 0 Å². The van der Waals surface area contributed by atoms with E-state index in [4.69, 9.17) is 16.3 Å². The molecule has 2 aromatic rings. The molecule has 0 aliphatic rings. The SMILES string of the molecule is CN(CCC#N)c1ccccc1.N#Cc1cc([N+](=O)[O-])cc(Br)c1N. The minimum Gasteiger partial charge on any atom is -0.397 e. The van der Waals surface area contributed by atoms with Gasteiger partial charge in [0.2, 0.25) is 0 Å². The van der Waals surface area contributed by atoms with Crippen molar-refractivity contribution in [3.8, 4) is 12.1 Å². The van der Waals surface area contributed by atoms with Gasteiger partial charge in [0.1, 0.15) is 6.07 Å². The third kappa shape index (κ3) is 6.13. The summed E-state index contributed by atoms with van der Waals surface area (Å²) in [5.74, 6) is 0. The van der Waals surface area contributed by atoms with Gasteiger partial charge in [-0.15, -0.1) is 0 Å². The van der Waals surface area contributed by atoms with Gasteiger partial charge in [-0.2, -0.15) is 10.5 Å². The Morgan fingerprint density at radius 3 is 2.44 bits per heavy atom. The number of nitro benzene ring substituents is 1. The van der Waals surface area contributed by atoms with Gasteiger partial charge in [-0.1, -0.05) is 18.2 Å². The van der Waals surface area contributed by atoms with Gasteiger partial charge >= 0.3 is 0 Å². The molecule has 128 valence electrons. The molecule has 0 unspecified atom stereocenters. The summed E-state index contributed by atoms with van der Waals surface area (Å²) in [6.45, 7) is 0.792. The second-order valence-corrected chi connectivity index (χ2v) is 5.78. The first-order valence-electron chi connectivity index (χ1n) is 7.17. The summed E-state index contributed by atoms with van der Waals surface area (Å²) in [7, 11) is 1.99. The molecule has 0 fully saturated rings. The molecular formula is C17H16BrN5O2. The highest BCUT2D eigenvalue weighted by Crippen LogP contribution is 2.28. The molecule has 0 radical (unpaired) electrons. The summed E-state index contributed by atoms with van der Waals surface area (Å²) in [4.78, 5) is 11.9. The first kappa shape index (κ1) is 19.9. The molecule has 0 atom stereocenters. The lowest BCUT2D eigenvalue weighted by Crippen LogP contribution is -2.17. The van der Waals surface area contributed by atoms with Crippen molar-refractivity contribution in [2.24, 2.45) is 0 Å². The maximum atomic E-state index is 10.4. The predicted molar refractivity (Wildman–Crippen MR) is 99.9 cm³/mol. The molecule has 0 aliphatic heterocycles. The normalized spacial score (nSPS) is 9.12. The van der Waals surface area contributed by atoms with Crippen molar-refractivity contribution < 1.29 is 4.92 Å². The minimum atomic E-state index is -0.578. The Kier molecular flexibility index (Phi) is 7.91. The second-order valence-electron chi connectivity index (χ2n) is 4.92. The van der Waals surface area contributed by atoms with Crippen LogP contribution in [0.4, 0.5) is 17.1 Å². The lowest BCUT2D eigenvalue weighted by Gasteiger charge is -2.16. The van der Waals surface area contributed by atoms with Crippen molar-refractivity contribution in [3.63, 3.8) is 0 Å². The lowest BCUT2D eigenvalue weighted by molar-refractivity contribution is -0.384. The summed E-state index contributed by atoms with van der Waals surface area (Å²) in [5, 5.41) is 27.3. The summed E-state index contributed by atoms with van der Waals surface area (Å²) in [5.41, 5.74) is 6.79. The molecule has 0 spiro atoms. The highest BCUT2D eigenvalue weighted by Gasteiger charge is 2.12. The molecule has 25 heavy (non-hydrogen) atoms. The zero-order valence-electron chi connectivity index (χ0n) is 13.5. The number of halogens is 1. The third-order valence-corrected chi connectivity index (χ3v) is 3.86. The van der Waals surface area contributed by atoms with Crippen LogP contribution in [0.25, 0.3) is 0 Å². The van der Waals surface area contributed by atoms with Crippen LogP contribution in [0.3, 0.4) is 0 Å². The first-order valence-corrected chi connectivity index (χ1v) is 7.96. The zero-order valence-corrected chi connectivity index (χ0v) is 15.1. The molecule has 7 nitrogen and oxygen atoms in total. The van der Waals surface area contributed by atoms with Crippen LogP contribution in [-0.2, 0) is 0 Å². The number of nitrogens with two attached hydrogens (primary N) is 1. The molecule has 2 aromatic carbocycles. The van der Waals surface area contributed by atoms with Gasteiger partial charge in [-0.3, -0.25) is 10.1 Å². The van der Waals surface area contributed by atoms with E-state index in [2.05, 4.69) is 26.9 Å². The number of hydrogen-bond acceptors (Lipinski definition) is 6. The van der Waals surface area contributed by atoms with E-state index in [1.807, 2.05) is 37.4 Å². The van der Waals surface area contributed by atoms with E-state index < -0.39 is 4.92 Å². The number of nitrogens with zero attached hydrogens (tertiary/aromatic N) is 4. The number of para-hydroxylation sites is 1. The molecule has 2 rings (SSSR count). The first-order chi connectivity index (χ1) is 11.9. The van der Waals surface area contributed by atoms with Crippen molar-refractivity contribution in [3.05, 3.63) is 62.6 Å². The van der Waals surface area contributed by atoms with E-state index in [-0.39, 0.29) is 16.9 Å². The summed E-state index contributed by atoms with van der Waals surface area (Å²) in [6, 6.07) is 16.4. The van der Waals surface area contributed by atoms with Gasteiger partial charge in [0.05, 0.1) is 28.7 Å². The van der Waals surface area contributed by atoms with Gasteiger partial charge in [-0.05, 0) is 28.1 Å². The van der Waals surface area contributed by atoms with E-state index in [9.17, 15) is 10.1 Å². The number of nitriles is 2. The Morgan fingerprint density at radius 2 is 1.92 bits per heavy atom. The Labute approximate surface area is 154 Å². The molecular weight excluding hydrogens is 386 g/mol. The molecule has 0 heterocycles. The maximum absolute atomic E-state index is 10.4. The number of nitrogen functional groups attached to an aromatic ring is 1. The van der Waals surface area contributed by atoms with Crippen LogP contribution in [0.2, 0.25) is 0 Å². The fourth-order valence-electron chi connectivity index (χ4n) is 1.83. The van der Waals surface area contributed by atoms with E-state index in [0.29, 0.717) is 10.9 Å². The molecule has 8 heteroatoms. The van der Waals surface area contributed by atoms with Gasteiger partial charge in [-0.25, -0.2) is 0 Å². The Balaban J connectivity index is 0.000000251. The van der Waals surface area contributed by atoms with Gasteiger partial charge in [0.15, 0.2) is 0 Å². The van der Waals surface area contributed by atoms with E-state index in [1.165, 1.54) is 6.07 Å². The molecule has 0 amide bonds. The highest BCUT2D eigenvalue weighted by atomic mass is 79.9. The summed E-state index contributed by atoms with van der Waals surface area (Å²) >= 11 is 3.03. The zero-order chi connectivity index (χ0) is 18.8. The quantitative estimate of drug-likeness (QED) is 0.471. The number of benzene rings is 2. The number of hydrogen-bond donors (Lipinski definition) is 1. The highest BCUT2D eigenvalue weighted by molar-refractivity contribution is 9.10. The van der Waals surface area contributed by atoms with Crippen molar-refractivity contribution >= 4 is 33.0 Å². The van der Waals surface area contributed by atoms with Crippen molar-refractivity contribution in [1.82, 2.24) is 0 Å². The average molecular weight is 402 g/mol.